The van der Waals surface area contributed by atoms with Crippen molar-refractivity contribution >= 4 is 5.91 Å². The fraction of sp³-hybridized carbons (Fsp3) is 0.474. The average molecular weight is 372 g/mol. The number of rotatable bonds is 6. The Bertz CT molecular complexity index is 837. The molecule has 1 saturated heterocycles. The van der Waals surface area contributed by atoms with Crippen LogP contribution in [-0.4, -0.2) is 54.5 Å². The zero-order chi connectivity index (χ0) is 18.9. The number of aromatic amines is 1. The number of fused-ring (bicyclic) bond motifs is 1. The second kappa shape index (κ2) is 7.11. The van der Waals surface area contributed by atoms with Gasteiger partial charge in [0.25, 0.3) is 5.91 Å². The quantitative estimate of drug-likeness (QED) is 0.804. The molecule has 1 amide bonds. The third-order valence-corrected chi connectivity index (χ3v) is 5.03. The number of nitrogens with zero attached hydrogens (tertiary/aromatic N) is 2. The van der Waals surface area contributed by atoms with Crippen LogP contribution in [0.3, 0.4) is 0 Å². The molecule has 0 saturated carbocycles. The van der Waals surface area contributed by atoms with E-state index in [1.807, 2.05) is 12.1 Å². The van der Waals surface area contributed by atoms with Gasteiger partial charge in [0.1, 0.15) is 18.1 Å². The van der Waals surface area contributed by atoms with E-state index in [-0.39, 0.29) is 24.7 Å². The number of aromatic nitrogens is 2. The number of ether oxygens (including phenoxy) is 3. The summed E-state index contributed by atoms with van der Waals surface area (Å²) in [5, 5.41) is 9.95. The number of carbonyl (C=O) groups is 1. The van der Waals surface area contributed by atoms with Crippen LogP contribution in [0.5, 0.6) is 17.2 Å². The Morgan fingerprint density at radius 1 is 1.37 bits per heavy atom. The Morgan fingerprint density at radius 3 is 3.04 bits per heavy atom. The summed E-state index contributed by atoms with van der Waals surface area (Å²) >= 11 is 0. The molecule has 2 aliphatic rings. The van der Waals surface area contributed by atoms with Gasteiger partial charge in [0.2, 0.25) is 6.79 Å². The van der Waals surface area contributed by atoms with Crippen LogP contribution >= 0.6 is 0 Å². The lowest BCUT2D eigenvalue weighted by Gasteiger charge is -2.23. The van der Waals surface area contributed by atoms with Gasteiger partial charge in [-0.05, 0) is 43.6 Å². The molecule has 1 aromatic heterocycles. The number of carbonyl (C=O) groups excluding carboxylic acids is 1. The zero-order valence-electron chi connectivity index (χ0n) is 15.6. The first kappa shape index (κ1) is 17.7. The summed E-state index contributed by atoms with van der Waals surface area (Å²) in [6, 6.07) is 7.12. The third-order valence-electron chi connectivity index (χ3n) is 5.03. The third kappa shape index (κ3) is 4.00. The maximum atomic E-state index is 12.4. The van der Waals surface area contributed by atoms with Crippen LogP contribution < -0.4 is 19.5 Å². The van der Waals surface area contributed by atoms with Crippen molar-refractivity contribution in [2.24, 2.45) is 5.41 Å². The van der Waals surface area contributed by atoms with Crippen molar-refractivity contribution in [3.05, 3.63) is 35.7 Å². The Hall–Kier alpha value is -2.74. The molecule has 2 aromatic rings. The summed E-state index contributed by atoms with van der Waals surface area (Å²) in [4.78, 5) is 14.6. The van der Waals surface area contributed by atoms with Gasteiger partial charge in [-0.3, -0.25) is 9.89 Å². The van der Waals surface area contributed by atoms with Crippen molar-refractivity contribution < 1.29 is 19.0 Å². The van der Waals surface area contributed by atoms with Gasteiger partial charge in [-0.25, -0.2) is 0 Å². The van der Waals surface area contributed by atoms with Crippen LogP contribution in [0.15, 0.2) is 24.3 Å². The van der Waals surface area contributed by atoms with Gasteiger partial charge in [0.05, 0.1) is 5.69 Å². The van der Waals surface area contributed by atoms with Gasteiger partial charge in [-0.2, -0.15) is 5.10 Å². The van der Waals surface area contributed by atoms with Crippen LogP contribution in [-0.2, 0) is 6.61 Å². The highest BCUT2D eigenvalue weighted by atomic mass is 16.7. The maximum Gasteiger partial charge on any atom is 0.271 e. The Labute approximate surface area is 157 Å². The first-order valence-corrected chi connectivity index (χ1v) is 9.04. The molecule has 144 valence electrons. The minimum absolute atomic E-state index is 0.117. The fourth-order valence-corrected chi connectivity index (χ4v) is 3.48. The van der Waals surface area contributed by atoms with E-state index < -0.39 is 0 Å². The lowest BCUT2D eigenvalue weighted by atomic mass is 9.90. The topological polar surface area (TPSA) is 88.7 Å². The van der Waals surface area contributed by atoms with Crippen molar-refractivity contribution in [2.75, 3.05) is 33.5 Å². The number of hydrogen-bond acceptors (Lipinski definition) is 6. The van der Waals surface area contributed by atoms with Crippen molar-refractivity contribution in [3.8, 4) is 17.2 Å². The summed E-state index contributed by atoms with van der Waals surface area (Å²) in [5.41, 5.74) is 1.21. The zero-order valence-corrected chi connectivity index (χ0v) is 15.6. The molecule has 8 nitrogen and oxygen atoms in total. The number of nitrogens with one attached hydrogen (secondary N) is 2. The minimum Gasteiger partial charge on any atom is -0.487 e. The molecule has 0 aliphatic carbocycles. The second-order valence-corrected chi connectivity index (χ2v) is 7.56. The minimum atomic E-state index is -0.170. The highest BCUT2D eigenvalue weighted by Crippen LogP contribution is 2.35. The van der Waals surface area contributed by atoms with E-state index in [1.165, 1.54) is 0 Å². The van der Waals surface area contributed by atoms with Crippen molar-refractivity contribution in [1.82, 2.24) is 20.4 Å². The molecule has 27 heavy (non-hydrogen) atoms. The van der Waals surface area contributed by atoms with E-state index in [9.17, 15) is 4.79 Å². The van der Waals surface area contributed by atoms with Gasteiger partial charge < -0.3 is 24.4 Å². The van der Waals surface area contributed by atoms with Gasteiger partial charge in [0.15, 0.2) is 11.5 Å². The van der Waals surface area contributed by atoms with Gasteiger partial charge in [0, 0.05) is 19.2 Å². The van der Waals surface area contributed by atoms with E-state index >= 15 is 0 Å². The normalized spacial score (nSPS) is 21.4. The smallest absolute Gasteiger partial charge is 0.271 e. The molecule has 1 aromatic carbocycles. The molecule has 1 fully saturated rings. The number of hydrogen-bond donors (Lipinski definition) is 2. The fourth-order valence-electron chi connectivity index (χ4n) is 3.48. The lowest BCUT2D eigenvalue weighted by Crippen LogP contribution is -2.37. The number of likely N-dealkylation sites (tertiary alicyclic amines) is 1. The molecule has 1 atom stereocenters. The van der Waals surface area contributed by atoms with Crippen LogP contribution in [0.25, 0.3) is 0 Å². The molecule has 0 bridgehead atoms. The molecule has 0 radical (unpaired) electrons. The van der Waals surface area contributed by atoms with Crippen molar-refractivity contribution in [3.63, 3.8) is 0 Å². The number of benzene rings is 1. The summed E-state index contributed by atoms with van der Waals surface area (Å²) in [6.45, 7) is 5.41. The first-order chi connectivity index (χ1) is 13.0. The highest BCUT2D eigenvalue weighted by Gasteiger charge is 2.32. The molecule has 4 rings (SSSR count). The largest absolute Gasteiger partial charge is 0.487 e. The van der Waals surface area contributed by atoms with Crippen LogP contribution in [0, 0.1) is 5.41 Å². The van der Waals surface area contributed by atoms with E-state index in [4.69, 9.17) is 14.2 Å². The first-order valence-electron chi connectivity index (χ1n) is 9.04. The summed E-state index contributed by atoms with van der Waals surface area (Å²) in [5.74, 6) is 1.88. The van der Waals surface area contributed by atoms with Gasteiger partial charge >= 0.3 is 0 Å². The van der Waals surface area contributed by atoms with Gasteiger partial charge in [-0.15, -0.1) is 0 Å². The molecule has 0 spiro atoms. The molecule has 8 heteroatoms. The Kier molecular flexibility index (Phi) is 4.65. The molecule has 2 N–H and O–H groups in total. The van der Waals surface area contributed by atoms with E-state index in [1.54, 1.807) is 12.1 Å². The standard InChI is InChI=1S/C19H24N4O4/c1-19(5-6-23(2)11-19)10-20-18(24)15-7-13(21-22-15)9-25-14-3-4-16-17(8-14)27-12-26-16/h3-4,7-8H,5-6,9-12H2,1-2H3,(H,20,24)(H,21,22)/t19-/m0/s1. The van der Waals surface area contributed by atoms with E-state index in [0.717, 1.165) is 25.2 Å². The van der Waals surface area contributed by atoms with Crippen LogP contribution in [0.2, 0.25) is 0 Å². The van der Waals surface area contributed by atoms with Crippen molar-refractivity contribution in [1.29, 1.82) is 0 Å². The van der Waals surface area contributed by atoms with Crippen molar-refractivity contribution in [2.45, 2.75) is 20.0 Å². The number of H-pyrrole nitrogens is 1. The predicted molar refractivity (Wildman–Crippen MR) is 98.0 cm³/mol. The number of amides is 1. The average Bonchev–Trinajstić information content (AvgIpc) is 3.38. The SMILES string of the molecule is CN1CC[C@@](C)(CNC(=O)c2cc(COc3ccc4c(c3)OCO4)[nH]n2)C1. The summed E-state index contributed by atoms with van der Waals surface area (Å²) in [6.07, 6.45) is 1.08. The highest BCUT2D eigenvalue weighted by molar-refractivity contribution is 5.92. The Balaban J connectivity index is 1.29. The molecular weight excluding hydrogens is 348 g/mol. The summed E-state index contributed by atoms with van der Waals surface area (Å²) < 4.78 is 16.3. The molecular formula is C19H24N4O4. The van der Waals surface area contributed by atoms with E-state index in [2.05, 4.69) is 34.4 Å². The molecule has 0 unspecified atom stereocenters. The monoisotopic (exact) mass is 372 g/mol. The van der Waals surface area contributed by atoms with Crippen LogP contribution in [0.1, 0.15) is 29.5 Å². The molecule has 3 heterocycles. The Morgan fingerprint density at radius 2 is 2.22 bits per heavy atom. The van der Waals surface area contributed by atoms with Gasteiger partial charge in [-0.1, -0.05) is 6.92 Å². The second-order valence-electron chi connectivity index (χ2n) is 7.56. The predicted octanol–water partition coefficient (Wildman–Crippen LogP) is 1.79. The maximum absolute atomic E-state index is 12.4. The lowest BCUT2D eigenvalue weighted by molar-refractivity contribution is 0.0929. The van der Waals surface area contributed by atoms with E-state index in [0.29, 0.717) is 29.5 Å². The molecule has 2 aliphatic heterocycles. The summed E-state index contributed by atoms with van der Waals surface area (Å²) in [7, 11) is 2.10. The van der Waals surface area contributed by atoms with Crippen LogP contribution in [0.4, 0.5) is 0 Å².